The molecule has 0 unspecified atom stereocenters. The average Bonchev–Trinajstić information content (AvgIpc) is 2.39. The fourth-order valence-corrected chi connectivity index (χ4v) is 1.92. The van der Waals surface area contributed by atoms with Crippen molar-refractivity contribution in [2.45, 2.75) is 20.0 Å². The van der Waals surface area contributed by atoms with E-state index in [2.05, 4.69) is 0 Å². The van der Waals surface area contributed by atoms with Crippen LogP contribution in [0.2, 0.25) is 0 Å². The number of phenolic OH excluding ortho intramolecular Hbond substituents is 2. The fourth-order valence-electron chi connectivity index (χ4n) is 1.92. The monoisotopic (exact) mass is 274 g/mol. The zero-order chi connectivity index (χ0) is 14.7. The summed E-state index contributed by atoms with van der Waals surface area (Å²) >= 11 is 0. The smallest absolute Gasteiger partial charge is 0.161 e. The molecule has 0 aliphatic heterocycles. The third-order valence-electron chi connectivity index (χ3n) is 2.78. The Labute approximate surface area is 118 Å². The van der Waals surface area contributed by atoms with Gasteiger partial charge >= 0.3 is 0 Å². The lowest BCUT2D eigenvalue weighted by molar-refractivity contribution is 0.232. The molecule has 0 saturated heterocycles. The summed E-state index contributed by atoms with van der Waals surface area (Å²) in [4.78, 5) is 0. The first kappa shape index (κ1) is 14.1. The van der Waals surface area contributed by atoms with Crippen LogP contribution in [-0.4, -0.2) is 23.4 Å². The number of rotatable bonds is 4. The maximum atomic E-state index is 9.98. The normalized spacial score (nSPS) is 10.6. The van der Waals surface area contributed by atoms with Gasteiger partial charge in [0.05, 0.1) is 13.2 Å². The average molecular weight is 274 g/mol. The van der Waals surface area contributed by atoms with Gasteiger partial charge in [0.15, 0.2) is 11.5 Å². The van der Waals surface area contributed by atoms with Crippen LogP contribution in [-0.2, 0) is 0 Å². The van der Waals surface area contributed by atoms with E-state index in [0.717, 1.165) is 11.1 Å². The van der Waals surface area contributed by atoms with Crippen LogP contribution in [0.15, 0.2) is 36.4 Å². The second kappa shape index (κ2) is 5.74. The highest BCUT2D eigenvalue weighted by Gasteiger charge is 2.09. The molecule has 0 atom stereocenters. The Morgan fingerprint density at radius 3 is 2.30 bits per heavy atom. The zero-order valence-corrected chi connectivity index (χ0v) is 11.8. The number of phenols is 2. The van der Waals surface area contributed by atoms with Crippen molar-refractivity contribution in [2.24, 2.45) is 0 Å². The Morgan fingerprint density at radius 2 is 1.70 bits per heavy atom. The molecule has 0 radical (unpaired) electrons. The molecular formula is C16H18O4. The van der Waals surface area contributed by atoms with Gasteiger partial charge in [-0.15, -0.1) is 0 Å². The molecule has 2 aromatic rings. The number of benzene rings is 2. The van der Waals surface area contributed by atoms with Gasteiger partial charge in [-0.25, -0.2) is 0 Å². The lowest BCUT2D eigenvalue weighted by Gasteiger charge is -2.12. The predicted molar refractivity (Wildman–Crippen MR) is 77.5 cm³/mol. The largest absolute Gasteiger partial charge is 0.508 e. The molecule has 106 valence electrons. The van der Waals surface area contributed by atoms with Gasteiger partial charge in [0, 0.05) is 6.07 Å². The van der Waals surface area contributed by atoms with Crippen LogP contribution in [0.25, 0.3) is 11.1 Å². The van der Waals surface area contributed by atoms with Crippen LogP contribution >= 0.6 is 0 Å². The zero-order valence-electron chi connectivity index (χ0n) is 11.8. The van der Waals surface area contributed by atoms with Crippen LogP contribution < -0.4 is 9.47 Å². The molecule has 2 rings (SSSR count). The van der Waals surface area contributed by atoms with Crippen LogP contribution in [0.3, 0.4) is 0 Å². The summed E-state index contributed by atoms with van der Waals surface area (Å²) in [6, 6.07) is 10.1. The number of ether oxygens (including phenoxy) is 2. The van der Waals surface area contributed by atoms with Gasteiger partial charge in [-0.1, -0.05) is 6.07 Å². The molecule has 20 heavy (non-hydrogen) atoms. The molecular weight excluding hydrogens is 256 g/mol. The summed E-state index contributed by atoms with van der Waals surface area (Å²) < 4.78 is 10.6. The molecule has 0 aliphatic rings. The third kappa shape index (κ3) is 3.15. The Balaban J connectivity index is 2.38. The first-order valence-electron chi connectivity index (χ1n) is 6.37. The van der Waals surface area contributed by atoms with E-state index >= 15 is 0 Å². The molecule has 0 fully saturated rings. The number of hydrogen-bond donors (Lipinski definition) is 2. The van der Waals surface area contributed by atoms with Crippen molar-refractivity contribution in [3.63, 3.8) is 0 Å². The minimum atomic E-state index is -0.00684. The highest BCUT2D eigenvalue weighted by molar-refractivity contribution is 5.69. The summed E-state index contributed by atoms with van der Waals surface area (Å²) in [6.07, 6.45) is -0.00684. The molecule has 0 bridgehead atoms. The topological polar surface area (TPSA) is 58.9 Å². The minimum absolute atomic E-state index is 0.00684. The molecule has 0 aromatic heterocycles. The molecule has 0 heterocycles. The maximum Gasteiger partial charge on any atom is 0.161 e. The summed E-state index contributed by atoms with van der Waals surface area (Å²) in [6.45, 7) is 3.79. The Morgan fingerprint density at radius 1 is 0.950 bits per heavy atom. The van der Waals surface area contributed by atoms with Crippen molar-refractivity contribution in [2.75, 3.05) is 7.11 Å². The van der Waals surface area contributed by atoms with Gasteiger partial charge in [0.1, 0.15) is 11.5 Å². The lowest BCUT2D eigenvalue weighted by atomic mass is 10.0. The maximum absolute atomic E-state index is 9.98. The van der Waals surface area contributed by atoms with E-state index in [1.54, 1.807) is 24.3 Å². The van der Waals surface area contributed by atoms with Gasteiger partial charge < -0.3 is 19.7 Å². The number of aromatic hydroxyl groups is 2. The molecule has 0 spiro atoms. The van der Waals surface area contributed by atoms with Crippen LogP contribution in [0.4, 0.5) is 0 Å². The molecule has 4 heteroatoms. The van der Waals surface area contributed by atoms with Crippen LogP contribution in [0, 0.1) is 0 Å². The highest BCUT2D eigenvalue weighted by Crippen LogP contribution is 2.35. The Kier molecular flexibility index (Phi) is 4.03. The molecule has 0 saturated carbocycles. The van der Waals surface area contributed by atoms with Crippen molar-refractivity contribution in [3.8, 4) is 34.1 Å². The standard InChI is InChI=1S/C16H18O4/c1-10(2)20-16-5-4-11(8-15(16)18)12-6-13(17)9-14(7-12)19-3/h4-10,17-18H,1-3H3. The molecule has 0 amide bonds. The first-order chi connectivity index (χ1) is 9.49. The van der Waals surface area contributed by atoms with E-state index in [0.29, 0.717) is 11.5 Å². The van der Waals surface area contributed by atoms with E-state index in [1.807, 2.05) is 19.9 Å². The summed E-state index contributed by atoms with van der Waals surface area (Å²) in [5, 5.41) is 19.6. The van der Waals surface area contributed by atoms with Gasteiger partial charge in [-0.2, -0.15) is 0 Å². The SMILES string of the molecule is COc1cc(O)cc(-c2ccc(OC(C)C)c(O)c2)c1. The fraction of sp³-hybridized carbons (Fsp3) is 0.250. The van der Waals surface area contributed by atoms with Crippen molar-refractivity contribution >= 4 is 0 Å². The van der Waals surface area contributed by atoms with Crippen molar-refractivity contribution in [1.82, 2.24) is 0 Å². The van der Waals surface area contributed by atoms with E-state index in [1.165, 1.54) is 13.2 Å². The third-order valence-corrected chi connectivity index (χ3v) is 2.78. The lowest BCUT2D eigenvalue weighted by Crippen LogP contribution is -2.05. The summed E-state index contributed by atoms with van der Waals surface area (Å²) in [5.74, 6) is 1.18. The van der Waals surface area contributed by atoms with Gasteiger partial charge in [-0.05, 0) is 49.2 Å². The van der Waals surface area contributed by atoms with Gasteiger partial charge in [0.25, 0.3) is 0 Å². The highest BCUT2D eigenvalue weighted by atomic mass is 16.5. The van der Waals surface area contributed by atoms with E-state index in [9.17, 15) is 10.2 Å². The second-order valence-corrected chi connectivity index (χ2v) is 4.77. The number of hydrogen-bond acceptors (Lipinski definition) is 4. The first-order valence-corrected chi connectivity index (χ1v) is 6.37. The summed E-state index contributed by atoms with van der Waals surface area (Å²) in [5.41, 5.74) is 1.53. The minimum Gasteiger partial charge on any atom is -0.508 e. The molecule has 0 aliphatic carbocycles. The number of methoxy groups -OCH3 is 1. The molecule has 2 aromatic carbocycles. The van der Waals surface area contributed by atoms with Crippen LogP contribution in [0.5, 0.6) is 23.0 Å². The van der Waals surface area contributed by atoms with Crippen molar-refractivity contribution in [1.29, 1.82) is 0 Å². The Bertz CT molecular complexity index is 605. The second-order valence-electron chi connectivity index (χ2n) is 4.77. The van der Waals surface area contributed by atoms with Gasteiger partial charge in [-0.3, -0.25) is 0 Å². The van der Waals surface area contributed by atoms with E-state index in [4.69, 9.17) is 9.47 Å². The predicted octanol–water partition coefficient (Wildman–Crippen LogP) is 3.56. The van der Waals surface area contributed by atoms with Crippen molar-refractivity contribution in [3.05, 3.63) is 36.4 Å². The van der Waals surface area contributed by atoms with Crippen LogP contribution in [0.1, 0.15) is 13.8 Å². The van der Waals surface area contributed by atoms with Crippen molar-refractivity contribution < 1.29 is 19.7 Å². The molecule has 2 N–H and O–H groups in total. The van der Waals surface area contributed by atoms with E-state index in [-0.39, 0.29) is 17.6 Å². The Hall–Kier alpha value is -2.36. The summed E-state index contributed by atoms with van der Waals surface area (Å²) in [7, 11) is 1.54. The van der Waals surface area contributed by atoms with Gasteiger partial charge in [0.2, 0.25) is 0 Å². The quantitative estimate of drug-likeness (QED) is 0.895. The molecule has 4 nitrogen and oxygen atoms in total. The van der Waals surface area contributed by atoms with E-state index < -0.39 is 0 Å².